The number of hydrogen-bond donors (Lipinski definition) is 0. The molecule has 1 heterocycles. The van der Waals surface area contributed by atoms with E-state index in [0.29, 0.717) is 18.0 Å². The van der Waals surface area contributed by atoms with Crippen LogP contribution >= 0.6 is 22.9 Å². The molecular weight excluding hydrogens is 340 g/mol. The fourth-order valence-corrected chi connectivity index (χ4v) is 3.38. The van der Waals surface area contributed by atoms with E-state index in [4.69, 9.17) is 11.6 Å². The lowest BCUT2D eigenvalue weighted by Crippen LogP contribution is -2.27. The molecule has 5 heteroatoms. The van der Waals surface area contributed by atoms with Gasteiger partial charge < -0.3 is 4.90 Å². The molecule has 2 aromatic carbocycles. The van der Waals surface area contributed by atoms with E-state index in [1.807, 2.05) is 60.0 Å². The number of aromatic nitrogens is 1. The Balaban J connectivity index is 1.65. The summed E-state index contributed by atoms with van der Waals surface area (Å²) >= 11 is 7.72. The van der Waals surface area contributed by atoms with Crippen LogP contribution in [0.1, 0.15) is 11.3 Å². The number of hydrogen-bond acceptors (Lipinski definition) is 3. The van der Waals surface area contributed by atoms with Crippen LogP contribution in [0.3, 0.4) is 0 Å². The van der Waals surface area contributed by atoms with Crippen molar-refractivity contribution in [2.45, 2.75) is 13.0 Å². The molecule has 3 rings (SSSR count). The van der Waals surface area contributed by atoms with Crippen molar-refractivity contribution in [2.75, 3.05) is 7.05 Å². The van der Waals surface area contributed by atoms with E-state index >= 15 is 0 Å². The molecule has 0 aliphatic rings. The van der Waals surface area contributed by atoms with Gasteiger partial charge in [0.2, 0.25) is 5.91 Å². The quantitative estimate of drug-likeness (QED) is 0.665. The summed E-state index contributed by atoms with van der Waals surface area (Å²) in [5.41, 5.74) is 2.82. The highest BCUT2D eigenvalue weighted by molar-refractivity contribution is 7.13. The number of halogens is 1. The normalized spacial score (nSPS) is 10.6. The highest BCUT2D eigenvalue weighted by atomic mass is 35.5. The van der Waals surface area contributed by atoms with Crippen LogP contribution in [0.15, 0.2) is 60.0 Å². The molecule has 0 saturated carbocycles. The molecule has 0 saturated heterocycles. The first-order chi connectivity index (χ1) is 11.6. The Morgan fingerprint density at radius 1 is 1.12 bits per heavy atom. The van der Waals surface area contributed by atoms with E-state index in [-0.39, 0.29) is 5.91 Å². The third kappa shape index (κ3) is 4.02. The number of amides is 1. The number of carbonyl (C=O) groups is 1. The van der Waals surface area contributed by atoms with Crippen LogP contribution in [0.2, 0.25) is 5.02 Å². The fraction of sp³-hybridized carbons (Fsp3) is 0.158. The van der Waals surface area contributed by atoms with Crippen LogP contribution in [-0.4, -0.2) is 22.8 Å². The van der Waals surface area contributed by atoms with Crippen molar-refractivity contribution < 1.29 is 4.79 Å². The average molecular weight is 357 g/mol. The van der Waals surface area contributed by atoms with E-state index in [2.05, 4.69) is 4.98 Å². The van der Waals surface area contributed by atoms with Crippen molar-refractivity contribution in [3.05, 3.63) is 76.3 Å². The Hall–Kier alpha value is -2.17. The van der Waals surface area contributed by atoms with Gasteiger partial charge in [-0.1, -0.05) is 60.1 Å². The molecule has 0 N–H and O–H groups in total. The minimum atomic E-state index is 0.0276. The molecule has 1 amide bonds. The molecule has 0 bridgehead atoms. The fourth-order valence-electron chi connectivity index (χ4n) is 2.36. The van der Waals surface area contributed by atoms with Gasteiger partial charge in [0.05, 0.1) is 12.1 Å². The summed E-state index contributed by atoms with van der Waals surface area (Å²) in [5, 5.41) is 3.56. The molecule has 0 unspecified atom stereocenters. The molecule has 0 spiro atoms. The number of rotatable bonds is 5. The van der Waals surface area contributed by atoms with Crippen LogP contribution < -0.4 is 0 Å². The van der Waals surface area contributed by atoms with Gasteiger partial charge in [-0.15, -0.1) is 11.3 Å². The largest absolute Gasteiger partial charge is 0.341 e. The molecule has 0 radical (unpaired) electrons. The van der Waals surface area contributed by atoms with Gasteiger partial charge in [0.25, 0.3) is 0 Å². The highest BCUT2D eigenvalue weighted by Gasteiger charge is 2.14. The molecule has 3 aromatic rings. The maximum Gasteiger partial charge on any atom is 0.228 e. The number of nitrogens with zero attached hydrogens (tertiary/aromatic N) is 2. The van der Waals surface area contributed by atoms with E-state index < -0.39 is 0 Å². The van der Waals surface area contributed by atoms with Crippen LogP contribution in [0, 0.1) is 0 Å². The summed E-state index contributed by atoms with van der Waals surface area (Å²) < 4.78 is 0. The van der Waals surface area contributed by atoms with Crippen LogP contribution in [0.4, 0.5) is 0 Å². The molecule has 0 aliphatic carbocycles. The second-order valence-corrected chi connectivity index (χ2v) is 6.79. The maximum absolute atomic E-state index is 12.4. The molecule has 0 atom stereocenters. The number of thiazole rings is 1. The summed E-state index contributed by atoms with van der Waals surface area (Å²) in [6, 6.07) is 17.6. The van der Waals surface area contributed by atoms with Gasteiger partial charge in [0.1, 0.15) is 5.01 Å². The van der Waals surface area contributed by atoms with Gasteiger partial charge in [0.15, 0.2) is 0 Å². The topological polar surface area (TPSA) is 33.2 Å². The van der Waals surface area contributed by atoms with Crippen molar-refractivity contribution in [1.29, 1.82) is 0 Å². The van der Waals surface area contributed by atoms with Crippen molar-refractivity contribution >= 4 is 28.8 Å². The Labute approximate surface area is 150 Å². The zero-order chi connectivity index (χ0) is 16.9. The van der Waals surface area contributed by atoms with Crippen molar-refractivity contribution in [3.8, 4) is 10.6 Å². The second kappa shape index (κ2) is 7.60. The van der Waals surface area contributed by atoms with Gasteiger partial charge in [-0.25, -0.2) is 4.98 Å². The van der Waals surface area contributed by atoms with Crippen molar-refractivity contribution in [1.82, 2.24) is 9.88 Å². The maximum atomic E-state index is 12.4. The van der Waals surface area contributed by atoms with E-state index in [1.165, 1.54) is 0 Å². The molecule has 0 aliphatic heterocycles. The Kier molecular flexibility index (Phi) is 5.28. The van der Waals surface area contributed by atoms with Crippen LogP contribution in [-0.2, 0) is 17.8 Å². The predicted octanol–water partition coefficient (Wildman–Crippen LogP) is 4.66. The third-order valence-electron chi connectivity index (χ3n) is 3.70. The predicted molar refractivity (Wildman–Crippen MR) is 99.2 cm³/mol. The first kappa shape index (κ1) is 16.7. The van der Waals surface area contributed by atoms with Gasteiger partial charge in [-0.3, -0.25) is 4.79 Å². The average Bonchev–Trinajstić information content (AvgIpc) is 3.06. The summed E-state index contributed by atoms with van der Waals surface area (Å²) in [6.07, 6.45) is 0.296. The Morgan fingerprint density at radius 2 is 1.83 bits per heavy atom. The summed E-state index contributed by atoms with van der Waals surface area (Å²) in [5.74, 6) is 0.0276. The summed E-state index contributed by atoms with van der Waals surface area (Å²) in [4.78, 5) is 18.7. The minimum Gasteiger partial charge on any atom is -0.341 e. The molecule has 122 valence electrons. The van der Waals surface area contributed by atoms with Crippen molar-refractivity contribution in [2.24, 2.45) is 0 Å². The molecule has 3 nitrogen and oxygen atoms in total. The van der Waals surface area contributed by atoms with Gasteiger partial charge in [-0.05, 0) is 11.6 Å². The summed E-state index contributed by atoms with van der Waals surface area (Å²) in [6.45, 7) is 0.494. The minimum absolute atomic E-state index is 0.0276. The van der Waals surface area contributed by atoms with E-state index in [9.17, 15) is 4.79 Å². The van der Waals surface area contributed by atoms with Gasteiger partial charge in [0, 0.05) is 29.6 Å². The Bertz CT molecular complexity index is 832. The van der Waals surface area contributed by atoms with Gasteiger partial charge in [-0.2, -0.15) is 0 Å². The van der Waals surface area contributed by atoms with Crippen molar-refractivity contribution in [3.63, 3.8) is 0 Å². The number of benzene rings is 2. The van der Waals surface area contributed by atoms with Gasteiger partial charge >= 0.3 is 0 Å². The molecular formula is C19H17ClN2OS. The monoisotopic (exact) mass is 356 g/mol. The lowest BCUT2D eigenvalue weighted by Gasteiger charge is -2.17. The van der Waals surface area contributed by atoms with Crippen LogP contribution in [0.5, 0.6) is 0 Å². The molecule has 0 fully saturated rings. The zero-order valence-corrected chi connectivity index (χ0v) is 14.8. The highest BCUT2D eigenvalue weighted by Crippen LogP contribution is 2.24. The Morgan fingerprint density at radius 3 is 2.58 bits per heavy atom. The first-order valence-corrected chi connectivity index (χ1v) is 8.86. The SMILES string of the molecule is CN(Cc1ccccc1Cl)C(=O)Cc1csc(-c2ccccc2)n1. The third-order valence-corrected chi connectivity index (χ3v) is 5.00. The smallest absolute Gasteiger partial charge is 0.228 e. The first-order valence-electron chi connectivity index (χ1n) is 7.60. The molecule has 1 aromatic heterocycles. The summed E-state index contributed by atoms with van der Waals surface area (Å²) in [7, 11) is 1.79. The van der Waals surface area contributed by atoms with E-state index in [0.717, 1.165) is 21.8 Å². The standard InChI is InChI=1S/C19H17ClN2OS/c1-22(12-15-9-5-6-10-17(15)20)18(23)11-16-13-24-19(21-16)14-7-3-2-4-8-14/h2-10,13H,11-12H2,1H3. The lowest BCUT2D eigenvalue weighted by atomic mass is 10.2. The second-order valence-electron chi connectivity index (χ2n) is 5.53. The zero-order valence-electron chi connectivity index (χ0n) is 13.3. The number of likely N-dealkylation sites (N-methyl/N-ethyl adjacent to an activating group) is 1. The molecule has 24 heavy (non-hydrogen) atoms. The lowest BCUT2D eigenvalue weighted by molar-refractivity contribution is -0.129. The van der Waals surface area contributed by atoms with Crippen LogP contribution in [0.25, 0.3) is 10.6 Å². The number of carbonyl (C=O) groups excluding carboxylic acids is 1. The van der Waals surface area contributed by atoms with E-state index in [1.54, 1.807) is 23.3 Å².